The molecule has 0 radical (unpaired) electrons. The van der Waals surface area contributed by atoms with E-state index in [-0.39, 0.29) is 11.0 Å². The summed E-state index contributed by atoms with van der Waals surface area (Å²) in [5.41, 5.74) is 0.437. The van der Waals surface area contributed by atoms with Crippen molar-refractivity contribution in [3.8, 4) is 6.07 Å². The van der Waals surface area contributed by atoms with Crippen LogP contribution in [0.4, 0.5) is 0 Å². The molecule has 0 spiro atoms. The van der Waals surface area contributed by atoms with Crippen LogP contribution in [-0.2, 0) is 0 Å². The molecule has 0 amide bonds. The molecule has 1 rings (SSSR count). The molecule has 1 N–H and O–H groups in total. The predicted molar refractivity (Wildman–Crippen MR) is 56.8 cm³/mol. The van der Waals surface area contributed by atoms with Crippen molar-refractivity contribution in [3.63, 3.8) is 0 Å². The van der Waals surface area contributed by atoms with Gasteiger partial charge in [-0.05, 0) is 31.1 Å². The molecule has 13 heavy (non-hydrogen) atoms. The summed E-state index contributed by atoms with van der Waals surface area (Å²) in [5, 5.41) is 12.1. The van der Waals surface area contributed by atoms with Gasteiger partial charge in [0.2, 0.25) is 0 Å². The summed E-state index contributed by atoms with van der Waals surface area (Å²) in [6, 6.07) is 2.30. The standard InChI is InChI=1S/C10H19BN2/c1-9(2)8(5-7-12)4-6-10(9,3)13-11/h8,13H,4-6,11H2,1-3H3. The number of nitriles is 1. The Kier molecular flexibility index (Phi) is 2.72. The summed E-state index contributed by atoms with van der Waals surface area (Å²) >= 11 is 0. The summed E-state index contributed by atoms with van der Waals surface area (Å²) in [6.07, 6.45) is 3.06. The van der Waals surface area contributed by atoms with Gasteiger partial charge in [-0.3, -0.25) is 0 Å². The SMILES string of the molecule is BNC1(C)CCC(CC#N)C1(C)C. The Morgan fingerprint density at radius 2 is 2.15 bits per heavy atom. The van der Waals surface area contributed by atoms with Crippen molar-refractivity contribution in [2.24, 2.45) is 11.3 Å². The van der Waals surface area contributed by atoms with Crippen LogP contribution >= 0.6 is 0 Å². The van der Waals surface area contributed by atoms with E-state index in [2.05, 4.69) is 32.1 Å². The van der Waals surface area contributed by atoms with Crippen LogP contribution < -0.4 is 5.23 Å². The molecular weight excluding hydrogens is 159 g/mol. The van der Waals surface area contributed by atoms with E-state index in [1.165, 1.54) is 12.8 Å². The molecule has 0 aromatic rings. The van der Waals surface area contributed by atoms with Gasteiger partial charge in [0.05, 0.1) is 6.07 Å². The number of hydrogen-bond donors (Lipinski definition) is 1. The average Bonchev–Trinajstić information content (AvgIpc) is 2.30. The highest BCUT2D eigenvalue weighted by Crippen LogP contribution is 2.50. The van der Waals surface area contributed by atoms with Crippen molar-refractivity contribution in [1.29, 1.82) is 5.26 Å². The fourth-order valence-corrected chi connectivity index (χ4v) is 2.51. The van der Waals surface area contributed by atoms with Gasteiger partial charge in [-0.2, -0.15) is 5.26 Å². The fraction of sp³-hybridized carbons (Fsp3) is 0.900. The molecule has 0 heterocycles. The van der Waals surface area contributed by atoms with Crippen LogP contribution in [0, 0.1) is 22.7 Å². The normalized spacial score (nSPS) is 37.2. The second-order valence-corrected chi connectivity index (χ2v) is 4.90. The molecule has 1 aliphatic rings. The highest BCUT2D eigenvalue weighted by molar-refractivity contribution is 6.05. The molecule has 1 fully saturated rings. The molecule has 0 bridgehead atoms. The van der Waals surface area contributed by atoms with Crippen LogP contribution in [-0.4, -0.2) is 13.5 Å². The Balaban J connectivity index is 2.83. The summed E-state index contributed by atoms with van der Waals surface area (Å²) < 4.78 is 0. The molecule has 2 unspecified atom stereocenters. The molecule has 2 nitrogen and oxygen atoms in total. The van der Waals surface area contributed by atoms with Crippen molar-refractivity contribution in [1.82, 2.24) is 5.23 Å². The smallest absolute Gasteiger partial charge is 0.182 e. The maximum atomic E-state index is 8.73. The van der Waals surface area contributed by atoms with E-state index in [0.717, 1.165) is 0 Å². The molecule has 3 heteroatoms. The largest absolute Gasteiger partial charge is 0.357 e. The third-order valence-electron chi connectivity index (χ3n) is 4.33. The van der Waals surface area contributed by atoms with Crippen molar-refractivity contribution in [3.05, 3.63) is 0 Å². The second kappa shape index (κ2) is 3.34. The molecule has 0 aliphatic heterocycles. The quantitative estimate of drug-likeness (QED) is 0.645. The Morgan fingerprint density at radius 1 is 1.54 bits per heavy atom. The Hall–Kier alpha value is -0.485. The summed E-state index contributed by atoms with van der Waals surface area (Å²) in [5.74, 6) is 0.551. The van der Waals surface area contributed by atoms with E-state index in [0.29, 0.717) is 12.3 Å². The van der Waals surface area contributed by atoms with Crippen LogP contribution in [0.15, 0.2) is 0 Å². The summed E-state index contributed by atoms with van der Waals surface area (Å²) in [4.78, 5) is 0. The first-order valence-corrected chi connectivity index (χ1v) is 5.04. The third kappa shape index (κ3) is 1.48. The van der Waals surface area contributed by atoms with Crippen molar-refractivity contribution in [2.45, 2.75) is 45.6 Å². The van der Waals surface area contributed by atoms with Crippen molar-refractivity contribution >= 4 is 7.98 Å². The lowest BCUT2D eigenvalue weighted by Crippen LogP contribution is -2.50. The average molecular weight is 178 g/mol. The maximum absolute atomic E-state index is 8.73. The Morgan fingerprint density at radius 3 is 2.54 bits per heavy atom. The van der Waals surface area contributed by atoms with Gasteiger partial charge in [-0.1, -0.05) is 13.8 Å². The van der Waals surface area contributed by atoms with Crippen LogP contribution in [0.1, 0.15) is 40.0 Å². The zero-order valence-electron chi connectivity index (χ0n) is 9.15. The first-order valence-electron chi connectivity index (χ1n) is 5.04. The molecule has 0 aromatic carbocycles. The fourth-order valence-electron chi connectivity index (χ4n) is 2.51. The highest BCUT2D eigenvalue weighted by atomic mass is 14.9. The number of nitrogens with zero attached hydrogens (tertiary/aromatic N) is 1. The topological polar surface area (TPSA) is 35.8 Å². The molecule has 0 aromatic heterocycles. The van der Waals surface area contributed by atoms with Gasteiger partial charge < -0.3 is 5.23 Å². The number of nitrogens with one attached hydrogen (secondary N) is 1. The van der Waals surface area contributed by atoms with E-state index in [1.54, 1.807) is 0 Å². The van der Waals surface area contributed by atoms with E-state index in [9.17, 15) is 0 Å². The number of rotatable bonds is 2. The summed E-state index contributed by atoms with van der Waals surface area (Å²) in [7, 11) is 2.02. The molecule has 0 saturated heterocycles. The van der Waals surface area contributed by atoms with E-state index in [4.69, 9.17) is 5.26 Å². The Labute approximate surface area is 82.1 Å². The monoisotopic (exact) mass is 178 g/mol. The minimum atomic E-state index is 0.203. The third-order valence-corrected chi connectivity index (χ3v) is 4.33. The van der Waals surface area contributed by atoms with Crippen molar-refractivity contribution < 1.29 is 0 Å². The lowest BCUT2D eigenvalue weighted by molar-refractivity contribution is 0.153. The van der Waals surface area contributed by atoms with Gasteiger partial charge >= 0.3 is 0 Å². The van der Waals surface area contributed by atoms with E-state index < -0.39 is 0 Å². The maximum Gasteiger partial charge on any atom is 0.182 e. The van der Waals surface area contributed by atoms with Gasteiger partial charge in [0, 0.05) is 12.0 Å². The second-order valence-electron chi connectivity index (χ2n) is 4.90. The zero-order valence-corrected chi connectivity index (χ0v) is 9.15. The molecule has 72 valence electrons. The molecular formula is C10H19BN2. The minimum Gasteiger partial charge on any atom is -0.357 e. The first-order chi connectivity index (χ1) is 5.98. The van der Waals surface area contributed by atoms with Crippen molar-refractivity contribution in [2.75, 3.05) is 0 Å². The minimum absolute atomic E-state index is 0.203. The lowest BCUT2D eigenvalue weighted by Gasteiger charge is -2.41. The van der Waals surface area contributed by atoms with Crippen LogP contribution in [0.5, 0.6) is 0 Å². The van der Waals surface area contributed by atoms with Gasteiger partial charge in [0.1, 0.15) is 0 Å². The van der Waals surface area contributed by atoms with Gasteiger partial charge in [-0.15, -0.1) is 0 Å². The predicted octanol–water partition coefficient (Wildman–Crippen LogP) is 1.23. The van der Waals surface area contributed by atoms with Crippen LogP contribution in [0.3, 0.4) is 0 Å². The van der Waals surface area contributed by atoms with E-state index in [1.807, 2.05) is 7.98 Å². The van der Waals surface area contributed by atoms with Crippen LogP contribution in [0.25, 0.3) is 0 Å². The van der Waals surface area contributed by atoms with Gasteiger partial charge in [0.25, 0.3) is 0 Å². The lowest BCUT2D eigenvalue weighted by atomic mass is 9.70. The van der Waals surface area contributed by atoms with Gasteiger partial charge in [0.15, 0.2) is 7.98 Å². The molecule has 2 atom stereocenters. The molecule has 1 saturated carbocycles. The van der Waals surface area contributed by atoms with Crippen LogP contribution in [0.2, 0.25) is 0 Å². The van der Waals surface area contributed by atoms with Gasteiger partial charge in [-0.25, -0.2) is 0 Å². The Bertz CT molecular complexity index is 232. The van der Waals surface area contributed by atoms with E-state index >= 15 is 0 Å². The molecule has 1 aliphatic carbocycles. The zero-order chi connectivity index (χ0) is 10.1. The summed E-state index contributed by atoms with van der Waals surface area (Å²) in [6.45, 7) is 6.82. The first kappa shape index (κ1) is 10.6. The highest BCUT2D eigenvalue weighted by Gasteiger charge is 2.49. The number of hydrogen-bond acceptors (Lipinski definition) is 2.